The second-order valence-electron chi connectivity index (χ2n) is 6.53. The molecule has 1 aliphatic rings. The molecule has 0 spiro atoms. The number of pyridine rings is 1. The van der Waals surface area contributed by atoms with Crippen LogP contribution in [0.2, 0.25) is 0 Å². The Morgan fingerprint density at radius 2 is 1.92 bits per heavy atom. The predicted molar refractivity (Wildman–Crippen MR) is 95.1 cm³/mol. The van der Waals surface area contributed by atoms with E-state index in [2.05, 4.69) is 15.5 Å². The van der Waals surface area contributed by atoms with Gasteiger partial charge in [-0.05, 0) is 30.9 Å². The molecule has 1 aromatic carbocycles. The van der Waals surface area contributed by atoms with Gasteiger partial charge in [0.1, 0.15) is 0 Å². The SMILES string of the molecule is O=C(NC(c1ccccn1)C1CC(O)C1)c1cc(-c2ccccc2)on1. The molecule has 1 amide bonds. The summed E-state index contributed by atoms with van der Waals surface area (Å²) in [5, 5.41) is 16.5. The number of rotatable bonds is 5. The molecule has 4 rings (SSSR count). The van der Waals surface area contributed by atoms with Gasteiger partial charge in [0.15, 0.2) is 11.5 Å². The van der Waals surface area contributed by atoms with Crippen LogP contribution in [-0.2, 0) is 0 Å². The molecule has 1 aliphatic carbocycles. The van der Waals surface area contributed by atoms with Crippen LogP contribution < -0.4 is 5.32 Å². The molecule has 0 saturated heterocycles. The average Bonchev–Trinajstić information content (AvgIpc) is 3.15. The lowest BCUT2D eigenvalue weighted by molar-refractivity contribution is 0.0227. The van der Waals surface area contributed by atoms with Crippen molar-refractivity contribution >= 4 is 5.91 Å². The highest BCUT2D eigenvalue weighted by Crippen LogP contribution is 2.37. The van der Waals surface area contributed by atoms with E-state index in [4.69, 9.17) is 4.52 Å². The maximum absolute atomic E-state index is 12.7. The van der Waals surface area contributed by atoms with Crippen molar-refractivity contribution in [2.75, 3.05) is 0 Å². The summed E-state index contributed by atoms with van der Waals surface area (Å²) in [7, 11) is 0. The van der Waals surface area contributed by atoms with Gasteiger partial charge in [-0.3, -0.25) is 9.78 Å². The number of aromatic nitrogens is 2. The average molecular weight is 349 g/mol. The van der Waals surface area contributed by atoms with E-state index in [0.29, 0.717) is 18.6 Å². The number of benzene rings is 1. The van der Waals surface area contributed by atoms with E-state index in [1.54, 1.807) is 12.3 Å². The summed E-state index contributed by atoms with van der Waals surface area (Å²) in [5.41, 5.74) is 1.87. The summed E-state index contributed by atoms with van der Waals surface area (Å²) in [4.78, 5) is 17.0. The second-order valence-corrected chi connectivity index (χ2v) is 6.53. The highest BCUT2D eigenvalue weighted by atomic mass is 16.5. The van der Waals surface area contributed by atoms with Crippen molar-refractivity contribution in [2.24, 2.45) is 5.92 Å². The van der Waals surface area contributed by atoms with Gasteiger partial charge in [0.2, 0.25) is 0 Å². The summed E-state index contributed by atoms with van der Waals surface area (Å²) in [6, 6.07) is 16.5. The monoisotopic (exact) mass is 349 g/mol. The normalized spacial score (nSPS) is 20.2. The third-order valence-corrected chi connectivity index (χ3v) is 4.72. The molecule has 1 atom stereocenters. The molecule has 2 N–H and O–H groups in total. The Morgan fingerprint density at radius 1 is 1.15 bits per heavy atom. The number of hydrogen-bond acceptors (Lipinski definition) is 5. The quantitative estimate of drug-likeness (QED) is 0.739. The Balaban J connectivity index is 1.53. The molecule has 1 fully saturated rings. The Hall–Kier alpha value is -2.99. The Kier molecular flexibility index (Phi) is 4.50. The van der Waals surface area contributed by atoms with Gasteiger partial charge in [0, 0.05) is 17.8 Å². The number of carbonyl (C=O) groups excluding carboxylic acids is 1. The van der Waals surface area contributed by atoms with Crippen LogP contribution in [0.3, 0.4) is 0 Å². The van der Waals surface area contributed by atoms with Crippen LogP contribution in [-0.4, -0.2) is 27.3 Å². The molecule has 0 bridgehead atoms. The van der Waals surface area contributed by atoms with Gasteiger partial charge >= 0.3 is 0 Å². The van der Waals surface area contributed by atoms with Crippen molar-refractivity contribution in [3.63, 3.8) is 0 Å². The van der Waals surface area contributed by atoms with E-state index in [1.165, 1.54) is 0 Å². The molecule has 3 aromatic rings. The first-order valence-corrected chi connectivity index (χ1v) is 8.62. The summed E-state index contributed by atoms with van der Waals surface area (Å²) < 4.78 is 5.31. The summed E-state index contributed by atoms with van der Waals surface area (Å²) in [6.07, 6.45) is 2.69. The van der Waals surface area contributed by atoms with Crippen molar-refractivity contribution in [2.45, 2.75) is 25.0 Å². The number of carbonyl (C=O) groups is 1. The number of amides is 1. The fraction of sp³-hybridized carbons (Fsp3) is 0.250. The van der Waals surface area contributed by atoms with E-state index in [-0.39, 0.29) is 29.7 Å². The molecule has 2 aromatic heterocycles. The summed E-state index contributed by atoms with van der Waals surface area (Å²) >= 11 is 0. The summed E-state index contributed by atoms with van der Waals surface area (Å²) in [5.74, 6) is 0.390. The molecule has 26 heavy (non-hydrogen) atoms. The smallest absolute Gasteiger partial charge is 0.274 e. The molecule has 0 radical (unpaired) electrons. The predicted octanol–water partition coefficient (Wildman–Crippen LogP) is 2.98. The van der Waals surface area contributed by atoms with Crippen LogP contribution in [0.1, 0.15) is 35.1 Å². The van der Waals surface area contributed by atoms with Crippen molar-refractivity contribution in [3.05, 3.63) is 72.2 Å². The number of aliphatic hydroxyl groups excluding tert-OH is 1. The van der Waals surface area contributed by atoms with Crippen molar-refractivity contribution in [1.29, 1.82) is 0 Å². The first kappa shape index (κ1) is 16.5. The molecule has 1 unspecified atom stereocenters. The largest absolute Gasteiger partial charge is 0.393 e. The number of nitrogens with one attached hydrogen (secondary N) is 1. The van der Waals surface area contributed by atoms with Crippen LogP contribution in [0.5, 0.6) is 0 Å². The molecule has 6 heteroatoms. The van der Waals surface area contributed by atoms with Crippen LogP contribution in [0, 0.1) is 5.92 Å². The Bertz CT molecular complexity index is 874. The molecular formula is C20H19N3O3. The van der Waals surface area contributed by atoms with E-state index in [9.17, 15) is 9.90 Å². The molecule has 0 aliphatic heterocycles. The lowest BCUT2D eigenvalue weighted by Crippen LogP contribution is -2.41. The minimum Gasteiger partial charge on any atom is -0.393 e. The lowest BCUT2D eigenvalue weighted by atomic mass is 9.76. The van der Waals surface area contributed by atoms with Crippen LogP contribution >= 0.6 is 0 Å². The zero-order chi connectivity index (χ0) is 17.9. The zero-order valence-corrected chi connectivity index (χ0v) is 14.1. The van der Waals surface area contributed by atoms with E-state index in [0.717, 1.165) is 11.3 Å². The maximum atomic E-state index is 12.7. The molecular weight excluding hydrogens is 330 g/mol. The van der Waals surface area contributed by atoms with Crippen LogP contribution in [0.15, 0.2) is 65.3 Å². The molecule has 6 nitrogen and oxygen atoms in total. The zero-order valence-electron chi connectivity index (χ0n) is 14.1. The minimum atomic E-state index is -0.312. The van der Waals surface area contributed by atoms with Crippen LogP contribution in [0.4, 0.5) is 0 Å². The maximum Gasteiger partial charge on any atom is 0.274 e. The van der Waals surface area contributed by atoms with E-state index < -0.39 is 0 Å². The third kappa shape index (κ3) is 3.36. The minimum absolute atomic E-state index is 0.157. The van der Waals surface area contributed by atoms with Crippen molar-refractivity contribution < 1.29 is 14.4 Å². The van der Waals surface area contributed by atoms with Crippen molar-refractivity contribution in [1.82, 2.24) is 15.5 Å². The Morgan fingerprint density at radius 3 is 2.62 bits per heavy atom. The molecule has 132 valence electrons. The number of aliphatic hydroxyl groups is 1. The second kappa shape index (κ2) is 7.09. The summed E-state index contributed by atoms with van der Waals surface area (Å²) in [6.45, 7) is 0. The fourth-order valence-corrected chi connectivity index (χ4v) is 3.23. The first-order valence-electron chi connectivity index (χ1n) is 8.62. The highest BCUT2D eigenvalue weighted by molar-refractivity contribution is 5.93. The highest BCUT2D eigenvalue weighted by Gasteiger charge is 2.36. The first-order chi connectivity index (χ1) is 12.7. The van der Waals surface area contributed by atoms with Gasteiger partial charge in [0.05, 0.1) is 17.8 Å². The van der Waals surface area contributed by atoms with Gasteiger partial charge in [-0.1, -0.05) is 41.6 Å². The topological polar surface area (TPSA) is 88.2 Å². The number of nitrogens with zero attached hydrogens (tertiary/aromatic N) is 2. The van der Waals surface area contributed by atoms with Gasteiger partial charge in [0.25, 0.3) is 5.91 Å². The fourth-order valence-electron chi connectivity index (χ4n) is 3.23. The third-order valence-electron chi connectivity index (χ3n) is 4.72. The lowest BCUT2D eigenvalue weighted by Gasteiger charge is -2.37. The molecule has 2 heterocycles. The van der Waals surface area contributed by atoms with Gasteiger partial charge in [-0.2, -0.15) is 0 Å². The van der Waals surface area contributed by atoms with E-state index in [1.807, 2.05) is 48.5 Å². The standard InChI is InChI=1S/C20H19N3O3/c24-15-10-14(11-15)19(16-8-4-5-9-21-16)22-20(25)17-12-18(26-23-17)13-6-2-1-3-7-13/h1-9,12,14-15,19,24H,10-11H2,(H,22,25). The Labute approximate surface area is 150 Å². The van der Waals surface area contributed by atoms with Crippen LogP contribution in [0.25, 0.3) is 11.3 Å². The van der Waals surface area contributed by atoms with Gasteiger partial charge in [-0.25, -0.2) is 0 Å². The van der Waals surface area contributed by atoms with Gasteiger partial charge in [-0.15, -0.1) is 0 Å². The van der Waals surface area contributed by atoms with Crippen molar-refractivity contribution in [3.8, 4) is 11.3 Å². The molecule has 1 saturated carbocycles. The number of hydrogen-bond donors (Lipinski definition) is 2. The van der Waals surface area contributed by atoms with Gasteiger partial charge < -0.3 is 14.9 Å². The van der Waals surface area contributed by atoms with E-state index >= 15 is 0 Å².